The molecule has 0 unspecified atom stereocenters. The number of aromatic carboxylic acids is 1. The molecule has 0 amide bonds. The number of carbonyl (C=O) groups is 1. The Morgan fingerprint density at radius 2 is 2.07 bits per heavy atom. The predicted molar refractivity (Wildman–Crippen MR) is 112 cm³/mol. The Morgan fingerprint density at radius 3 is 2.75 bits per heavy atom. The van der Waals surface area contributed by atoms with Crippen LogP contribution in [0, 0.1) is 11.8 Å². The van der Waals surface area contributed by atoms with Crippen LogP contribution in [0.25, 0.3) is 0 Å². The van der Waals surface area contributed by atoms with Gasteiger partial charge in [0.05, 0.1) is 12.2 Å². The van der Waals surface area contributed by atoms with Crippen molar-refractivity contribution in [3.05, 3.63) is 34.0 Å². The van der Waals surface area contributed by atoms with Crippen LogP contribution < -0.4 is 0 Å². The summed E-state index contributed by atoms with van der Waals surface area (Å²) in [7, 11) is 0. The van der Waals surface area contributed by atoms with Crippen LogP contribution in [0.1, 0.15) is 59.5 Å². The highest BCUT2D eigenvalue weighted by Gasteiger charge is 2.39. The number of hydrogen-bond donors (Lipinski definition) is 4. The second-order valence-electron chi connectivity index (χ2n) is 7.55. The molecule has 28 heavy (non-hydrogen) atoms. The van der Waals surface area contributed by atoms with E-state index >= 15 is 0 Å². The molecule has 1 aliphatic rings. The molecule has 7 heteroatoms. The summed E-state index contributed by atoms with van der Waals surface area (Å²) < 4.78 is 0. The Balaban J connectivity index is 1.83. The van der Waals surface area contributed by atoms with Gasteiger partial charge in [0.15, 0.2) is 0 Å². The van der Waals surface area contributed by atoms with Gasteiger partial charge in [0, 0.05) is 22.8 Å². The van der Waals surface area contributed by atoms with E-state index in [-0.39, 0.29) is 23.8 Å². The van der Waals surface area contributed by atoms with Gasteiger partial charge in [0.25, 0.3) is 0 Å². The van der Waals surface area contributed by atoms with Crippen molar-refractivity contribution >= 4 is 28.9 Å². The van der Waals surface area contributed by atoms with Gasteiger partial charge < -0.3 is 20.4 Å². The van der Waals surface area contributed by atoms with Crippen molar-refractivity contribution < 1.29 is 25.2 Å². The first-order chi connectivity index (χ1) is 13.4. The number of unbranched alkanes of at least 4 members (excludes halogenated alkanes) is 2. The number of alkyl halides is 1. The second kappa shape index (κ2) is 11.9. The smallest absolute Gasteiger partial charge is 0.345 e. The normalized spacial score (nSPS) is 26.1. The number of carboxylic acids is 1. The minimum Gasteiger partial charge on any atom is -0.477 e. The summed E-state index contributed by atoms with van der Waals surface area (Å²) in [6.07, 6.45) is 8.91. The van der Waals surface area contributed by atoms with Gasteiger partial charge in [0.2, 0.25) is 0 Å². The Morgan fingerprint density at radius 1 is 1.29 bits per heavy atom. The third-order valence-electron chi connectivity index (χ3n) is 5.42. The third-order valence-corrected chi connectivity index (χ3v) is 7.05. The third kappa shape index (κ3) is 7.16. The highest BCUT2D eigenvalue weighted by molar-refractivity contribution is 7.13. The van der Waals surface area contributed by atoms with Gasteiger partial charge >= 0.3 is 5.97 Å². The number of hydrogen-bond acceptors (Lipinski definition) is 5. The Bertz CT molecular complexity index is 632. The molecule has 0 saturated heterocycles. The van der Waals surface area contributed by atoms with Gasteiger partial charge in [0.1, 0.15) is 4.88 Å². The lowest BCUT2D eigenvalue weighted by atomic mass is 9.89. The average molecular weight is 431 g/mol. The fraction of sp³-hybridized carbons (Fsp3) is 0.667. The lowest BCUT2D eigenvalue weighted by Crippen LogP contribution is -2.19. The Kier molecular flexibility index (Phi) is 9.95. The van der Waals surface area contributed by atoms with Gasteiger partial charge in [-0.1, -0.05) is 25.0 Å². The van der Waals surface area contributed by atoms with Crippen molar-refractivity contribution in [2.75, 3.05) is 6.61 Å². The maximum atomic E-state index is 11.0. The van der Waals surface area contributed by atoms with Crippen molar-refractivity contribution in [3.63, 3.8) is 0 Å². The molecule has 4 N–H and O–H groups in total. The predicted octanol–water partition coefficient (Wildman–Crippen LogP) is 3.84. The zero-order valence-corrected chi connectivity index (χ0v) is 17.6. The maximum absolute atomic E-state index is 11.0. The average Bonchev–Trinajstić information content (AvgIpc) is 3.22. The molecule has 0 aliphatic heterocycles. The van der Waals surface area contributed by atoms with E-state index in [1.165, 1.54) is 11.3 Å². The zero-order chi connectivity index (χ0) is 20.5. The van der Waals surface area contributed by atoms with Crippen LogP contribution in [0.5, 0.6) is 0 Å². The van der Waals surface area contributed by atoms with E-state index in [4.69, 9.17) is 21.8 Å². The van der Waals surface area contributed by atoms with Crippen LogP contribution in [-0.2, 0) is 6.42 Å². The van der Waals surface area contributed by atoms with E-state index in [1.807, 2.05) is 12.1 Å². The summed E-state index contributed by atoms with van der Waals surface area (Å²) >= 11 is 7.78. The topological polar surface area (TPSA) is 98.0 Å². The summed E-state index contributed by atoms with van der Waals surface area (Å²) in [4.78, 5) is 12.4. The van der Waals surface area contributed by atoms with Gasteiger partial charge in [-0.3, -0.25) is 0 Å². The Labute approximate surface area is 175 Å². The summed E-state index contributed by atoms with van der Waals surface area (Å²) in [6.45, 7) is 0.183. The summed E-state index contributed by atoms with van der Waals surface area (Å²) in [5.74, 6) is -0.808. The number of aliphatic hydroxyl groups is 3. The minimum absolute atomic E-state index is 0.0625. The van der Waals surface area contributed by atoms with Crippen molar-refractivity contribution in [1.82, 2.24) is 0 Å². The lowest BCUT2D eigenvalue weighted by Gasteiger charge is -2.21. The molecule has 1 heterocycles. The highest BCUT2D eigenvalue weighted by Crippen LogP contribution is 2.40. The van der Waals surface area contributed by atoms with Gasteiger partial charge in [-0.15, -0.1) is 22.9 Å². The molecule has 0 spiro atoms. The van der Waals surface area contributed by atoms with E-state index in [0.29, 0.717) is 17.7 Å². The number of carboxylic acid groups (broad SMARTS) is 1. The second-order valence-corrected chi connectivity index (χ2v) is 9.28. The van der Waals surface area contributed by atoms with Crippen molar-refractivity contribution in [3.8, 4) is 0 Å². The summed E-state index contributed by atoms with van der Waals surface area (Å²) in [6, 6.07) is 3.50. The Hall–Kier alpha value is -0.920. The summed E-state index contributed by atoms with van der Waals surface area (Å²) in [5, 5.41) is 38.2. The van der Waals surface area contributed by atoms with Gasteiger partial charge in [-0.2, -0.15) is 0 Å². The molecule has 1 fully saturated rings. The van der Waals surface area contributed by atoms with Crippen LogP contribution >= 0.6 is 22.9 Å². The molecular formula is C21H31ClO5S. The first-order valence-electron chi connectivity index (χ1n) is 10.0. The first-order valence-corrected chi connectivity index (χ1v) is 11.3. The standard InChI is InChI=1S/C21H31ClO5S/c22-18-13-19(25)17(10-8-14(24)5-2-1-3-12-23)16(18)7-4-6-15-9-11-20(28-15)21(26)27/h8-11,14,16-19,23-25H,1-7,12-13H2,(H,26,27)/t14-,16+,17+,18+,19+/m0/s1. The zero-order valence-electron chi connectivity index (χ0n) is 16.0. The van der Waals surface area contributed by atoms with E-state index < -0.39 is 18.2 Å². The molecule has 0 aromatic carbocycles. The van der Waals surface area contributed by atoms with E-state index in [9.17, 15) is 15.0 Å². The van der Waals surface area contributed by atoms with Crippen LogP contribution in [0.3, 0.4) is 0 Å². The molecule has 0 radical (unpaired) electrons. The molecule has 2 rings (SSSR count). The van der Waals surface area contributed by atoms with E-state index in [1.54, 1.807) is 12.1 Å². The number of thiophene rings is 1. The number of rotatable bonds is 12. The van der Waals surface area contributed by atoms with Gasteiger partial charge in [-0.25, -0.2) is 4.79 Å². The van der Waals surface area contributed by atoms with Crippen molar-refractivity contribution in [1.29, 1.82) is 0 Å². The number of aliphatic hydroxyl groups excluding tert-OH is 3. The number of halogens is 1. The molecule has 1 saturated carbocycles. The SMILES string of the molecule is O=C(O)c1ccc(CCC[C@@H]2[C@@H](C=C[C@@H](O)CCCCCO)[C@H](O)C[C@H]2Cl)s1. The van der Waals surface area contributed by atoms with Crippen LogP contribution in [0.2, 0.25) is 0 Å². The molecule has 5 atom stereocenters. The summed E-state index contributed by atoms with van der Waals surface area (Å²) in [5.41, 5.74) is 0. The number of aryl methyl sites for hydroxylation is 1. The minimum atomic E-state index is -0.892. The van der Waals surface area contributed by atoms with Crippen molar-refractivity contribution in [2.45, 2.75) is 69.0 Å². The van der Waals surface area contributed by atoms with E-state index in [2.05, 4.69) is 0 Å². The van der Waals surface area contributed by atoms with Crippen LogP contribution in [-0.4, -0.2) is 50.6 Å². The molecule has 1 aliphatic carbocycles. The van der Waals surface area contributed by atoms with Crippen LogP contribution in [0.15, 0.2) is 24.3 Å². The van der Waals surface area contributed by atoms with Crippen LogP contribution in [0.4, 0.5) is 0 Å². The molecule has 158 valence electrons. The van der Waals surface area contributed by atoms with Crippen molar-refractivity contribution in [2.24, 2.45) is 11.8 Å². The quantitative estimate of drug-likeness (QED) is 0.229. The first kappa shape index (κ1) is 23.4. The largest absolute Gasteiger partial charge is 0.477 e. The molecule has 0 bridgehead atoms. The lowest BCUT2D eigenvalue weighted by molar-refractivity contribution is 0.0702. The highest BCUT2D eigenvalue weighted by atomic mass is 35.5. The fourth-order valence-corrected chi connectivity index (χ4v) is 5.23. The van der Waals surface area contributed by atoms with E-state index in [0.717, 1.165) is 43.4 Å². The van der Waals surface area contributed by atoms with Gasteiger partial charge in [-0.05, 0) is 56.6 Å². The fourth-order valence-electron chi connectivity index (χ4n) is 3.87. The molecule has 1 aromatic heterocycles. The molecule has 1 aromatic rings. The molecule has 5 nitrogen and oxygen atoms in total. The maximum Gasteiger partial charge on any atom is 0.345 e. The molecular weight excluding hydrogens is 400 g/mol. The monoisotopic (exact) mass is 430 g/mol.